The number of nitrogens with zero attached hydrogens (tertiary/aromatic N) is 3. The van der Waals surface area contributed by atoms with Crippen LogP contribution in [0.15, 0.2) is 23.3 Å². The summed E-state index contributed by atoms with van der Waals surface area (Å²) in [6, 6.07) is 3.68. The Balaban J connectivity index is 0.00000364. The smallest absolute Gasteiger partial charge is 0.357 e. The molecule has 2 rings (SSSR count). The molecule has 2 N–H and O–H groups in total. The molecule has 0 aliphatic carbocycles. The van der Waals surface area contributed by atoms with E-state index in [1.807, 2.05) is 13.0 Å². The number of likely N-dealkylation sites (tertiary alicyclic amines) is 1. The lowest BCUT2D eigenvalue weighted by Crippen LogP contribution is -2.38. The van der Waals surface area contributed by atoms with Crippen LogP contribution >= 0.6 is 35.6 Å². The molecule has 1 aliphatic heterocycles. The maximum absolute atomic E-state index is 12.4. The third-order valence-electron chi connectivity index (χ3n) is 4.12. The number of pyridine rings is 1. The van der Waals surface area contributed by atoms with Crippen molar-refractivity contribution in [1.29, 1.82) is 0 Å². The third kappa shape index (κ3) is 9.79. The van der Waals surface area contributed by atoms with Crippen molar-refractivity contribution in [2.75, 3.05) is 39.3 Å². The molecule has 0 spiro atoms. The summed E-state index contributed by atoms with van der Waals surface area (Å²) in [6.07, 6.45) is -0.875. The molecule has 0 bridgehead atoms. The van der Waals surface area contributed by atoms with Gasteiger partial charge in [-0.2, -0.15) is 13.2 Å². The molecule has 10 heteroatoms. The van der Waals surface area contributed by atoms with E-state index >= 15 is 0 Å². The van der Waals surface area contributed by atoms with Gasteiger partial charge in [0.05, 0.1) is 6.54 Å². The topological polar surface area (TPSA) is 52.6 Å². The van der Waals surface area contributed by atoms with E-state index in [0.717, 1.165) is 24.9 Å². The highest BCUT2D eigenvalue weighted by molar-refractivity contribution is 14.0. The molecule has 27 heavy (non-hydrogen) atoms. The number of rotatable bonds is 7. The lowest BCUT2D eigenvalue weighted by atomic mass is 10.1. The highest BCUT2D eigenvalue weighted by Gasteiger charge is 2.34. The molecule has 1 saturated heterocycles. The van der Waals surface area contributed by atoms with Crippen molar-refractivity contribution in [3.63, 3.8) is 0 Å². The Kier molecular flexibility index (Phi) is 10.7. The molecular formula is C17H26ClF3IN5. The first kappa shape index (κ1) is 24.2. The Hall–Kier alpha value is -0.810. The largest absolute Gasteiger partial charge is 0.401 e. The lowest BCUT2D eigenvalue weighted by Gasteiger charge is -2.17. The van der Waals surface area contributed by atoms with Crippen molar-refractivity contribution in [1.82, 2.24) is 20.5 Å². The highest BCUT2D eigenvalue weighted by Crippen LogP contribution is 2.22. The summed E-state index contributed by atoms with van der Waals surface area (Å²) in [4.78, 5) is 10.0. The van der Waals surface area contributed by atoms with Gasteiger partial charge in [-0.1, -0.05) is 17.7 Å². The number of hydrogen-bond donors (Lipinski definition) is 2. The molecule has 154 valence electrons. The standard InChI is InChI=1S/C17H25ClF3N5.HI/c1-2-22-16(23-7-5-13-3-4-15(18)24-9-13)25-10-14-6-8-26(11-14)12-17(19,20)21;/h3-4,9,14H,2,5-8,10-12H2,1H3,(H2,22,23,25);1H. The van der Waals surface area contributed by atoms with E-state index < -0.39 is 12.7 Å². The van der Waals surface area contributed by atoms with Gasteiger partial charge in [-0.15, -0.1) is 24.0 Å². The summed E-state index contributed by atoms with van der Waals surface area (Å²) in [5.41, 5.74) is 1.07. The number of halogens is 5. The quantitative estimate of drug-likeness (QED) is 0.251. The van der Waals surface area contributed by atoms with Crippen LogP contribution in [0.5, 0.6) is 0 Å². The molecule has 0 saturated carbocycles. The molecule has 2 heterocycles. The van der Waals surface area contributed by atoms with Gasteiger partial charge >= 0.3 is 6.18 Å². The maximum atomic E-state index is 12.4. The first-order valence-electron chi connectivity index (χ1n) is 8.77. The summed E-state index contributed by atoms with van der Waals surface area (Å²) in [5, 5.41) is 6.87. The zero-order chi connectivity index (χ0) is 19.0. The van der Waals surface area contributed by atoms with Crippen LogP contribution in [-0.4, -0.2) is 61.3 Å². The maximum Gasteiger partial charge on any atom is 0.401 e. The minimum absolute atomic E-state index is 0. The molecule has 1 aliphatic rings. The monoisotopic (exact) mass is 519 g/mol. The number of alkyl halides is 3. The van der Waals surface area contributed by atoms with Crippen molar-refractivity contribution < 1.29 is 13.2 Å². The molecule has 1 atom stereocenters. The van der Waals surface area contributed by atoms with Crippen molar-refractivity contribution in [3.8, 4) is 0 Å². The SMILES string of the molecule is CCNC(=NCC1CCN(CC(F)(F)F)C1)NCCc1ccc(Cl)nc1.I. The van der Waals surface area contributed by atoms with Crippen LogP contribution in [0.4, 0.5) is 13.2 Å². The summed E-state index contributed by atoms with van der Waals surface area (Å²) < 4.78 is 37.3. The Labute approximate surface area is 180 Å². The van der Waals surface area contributed by atoms with Crippen molar-refractivity contribution in [2.24, 2.45) is 10.9 Å². The van der Waals surface area contributed by atoms with E-state index in [1.165, 1.54) is 4.90 Å². The molecule has 5 nitrogen and oxygen atoms in total. The van der Waals surface area contributed by atoms with Gasteiger partial charge in [0.25, 0.3) is 0 Å². The van der Waals surface area contributed by atoms with Gasteiger partial charge in [0, 0.05) is 32.4 Å². The second-order valence-corrected chi connectivity index (χ2v) is 6.78. The van der Waals surface area contributed by atoms with Crippen LogP contribution in [0.2, 0.25) is 5.15 Å². The van der Waals surface area contributed by atoms with Gasteiger partial charge in [0.15, 0.2) is 5.96 Å². The predicted octanol–water partition coefficient (Wildman–Crippen LogP) is 3.33. The van der Waals surface area contributed by atoms with Crippen LogP contribution < -0.4 is 10.6 Å². The van der Waals surface area contributed by atoms with E-state index in [1.54, 1.807) is 12.3 Å². The molecule has 1 unspecified atom stereocenters. The van der Waals surface area contributed by atoms with E-state index in [4.69, 9.17) is 11.6 Å². The van der Waals surface area contributed by atoms with E-state index in [0.29, 0.717) is 37.3 Å². The fraction of sp³-hybridized carbons (Fsp3) is 0.647. The Morgan fingerprint density at radius 3 is 2.78 bits per heavy atom. The zero-order valence-corrected chi connectivity index (χ0v) is 18.3. The Morgan fingerprint density at radius 2 is 2.15 bits per heavy atom. The minimum Gasteiger partial charge on any atom is -0.357 e. The summed E-state index contributed by atoms with van der Waals surface area (Å²) in [7, 11) is 0. The van der Waals surface area contributed by atoms with Gasteiger partial charge < -0.3 is 10.6 Å². The van der Waals surface area contributed by atoms with Crippen molar-refractivity contribution in [2.45, 2.75) is 25.9 Å². The average molecular weight is 520 g/mol. The number of nitrogens with one attached hydrogen (secondary N) is 2. The van der Waals surface area contributed by atoms with Gasteiger partial charge in [-0.25, -0.2) is 4.98 Å². The van der Waals surface area contributed by atoms with Crippen LogP contribution in [0.25, 0.3) is 0 Å². The number of hydrogen-bond acceptors (Lipinski definition) is 3. The Morgan fingerprint density at radius 1 is 1.37 bits per heavy atom. The highest BCUT2D eigenvalue weighted by atomic mass is 127. The summed E-state index contributed by atoms with van der Waals surface area (Å²) >= 11 is 5.76. The molecule has 0 amide bonds. The van der Waals surface area contributed by atoms with E-state index in [2.05, 4.69) is 20.6 Å². The number of aromatic nitrogens is 1. The van der Waals surface area contributed by atoms with Crippen LogP contribution in [0.1, 0.15) is 18.9 Å². The molecular weight excluding hydrogens is 494 g/mol. The second kappa shape index (κ2) is 11.9. The fourth-order valence-corrected chi connectivity index (χ4v) is 3.01. The first-order valence-corrected chi connectivity index (χ1v) is 9.15. The third-order valence-corrected chi connectivity index (χ3v) is 4.34. The van der Waals surface area contributed by atoms with E-state index in [-0.39, 0.29) is 29.9 Å². The van der Waals surface area contributed by atoms with Crippen LogP contribution in [-0.2, 0) is 6.42 Å². The van der Waals surface area contributed by atoms with Gasteiger partial charge in [0.2, 0.25) is 0 Å². The predicted molar refractivity (Wildman–Crippen MR) is 113 cm³/mol. The number of aliphatic imine (C=N–C) groups is 1. The molecule has 1 aromatic heterocycles. The Bertz CT molecular complexity index is 583. The molecule has 1 aromatic rings. The van der Waals surface area contributed by atoms with Gasteiger partial charge in [-0.3, -0.25) is 9.89 Å². The van der Waals surface area contributed by atoms with Crippen molar-refractivity contribution in [3.05, 3.63) is 29.0 Å². The molecule has 0 aromatic carbocycles. The summed E-state index contributed by atoms with van der Waals surface area (Å²) in [6.45, 7) is 3.99. The first-order chi connectivity index (χ1) is 12.4. The van der Waals surface area contributed by atoms with Crippen LogP contribution in [0, 0.1) is 5.92 Å². The fourth-order valence-electron chi connectivity index (χ4n) is 2.90. The van der Waals surface area contributed by atoms with Gasteiger partial charge in [0.1, 0.15) is 5.15 Å². The average Bonchev–Trinajstić information content (AvgIpc) is 3.00. The lowest BCUT2D eigenvalue weighted by molar-refractivity contribution is -0.143. The minimum atomic E-state index is -4.13. The van der Waals surface area contributed by atoms with Crippen molar-refractivity contribution >= 4 is 41.5 Å². The summed E-state index contributed by atoms with van der Waals surface area (Å²) in [5.74, 6) is 0.844. The normalized spacial score (nSPS) is 18.3. The molecule has 1 fully saturated rings. The van der Waals surface area contributed by atoms with Crippen LogP contribution in [0.3, 0.4) is 0 Å². The number of guanidine groups is 1. The molecule has 0 radical (unpaired) electrons. The zero-order valence-electron chi connectivity index (χ0n) is 15.2. The second-order valence-electron chi connectivity index (χ2n) is 6.39. The van der Waals surface area contributed by atoms with E-state index in [9.17, 15) is 13.2 Å². The van der Waals surface area contributed by atoms with Gasteiger partial charge in [-0.05, 0) is 43.9 Å².